The van der Waals surface area contributed by atoms with E-state index in [0.29, 0.717) is 6.54 Å². The summed E-state index contributed by atoms with van der Waals surface area (Å²) < 4.78 is 27.0. The lowest BCUT2D eigenvalue weighted by Crippen LogP contribution is -2.44. The van der Waals surface area contributed by atoms with E-state index in [4.69, 9.17) is 0 Å². The summed E-state index contributed by atoms with van der Waals surface area (Å²) in [6.45, 7) is 8.49. The minimum atomic E-state index is -0.258. The molecule has 0 aliphatic carbocycles. The fourth-order valence-electron chi connectivity index (χ4n) is 4.98. The van der Waals surface area contributed by atoms with Crippen molar-refractivity contribution >= 4 is 11.6 Å². The number of hydrogen-bond acceptors (Lipinski definition) is 4. The lowest BCUT2D eigenvalue weighted by molar-refractivity contribution is -0.118. The van der Waals surface area contributed by atoms with Gasteiger partial charge < -0.3 is 10.2 Å². The van der Waals surface area contributed by atoms with Crippen LogP contribution < -0.4 is 10.7 Å². The Morgan fingerprint density at radius 1 is 0.892 bits per heavy atom. The Labute approximate surface area is 218 Å². The highest BCUT2D eigenvalue weighted by molar-refractivity contribution is 5.93. The first-order valence-corrected chi connectivity index (χ1v) is 13.0. The molecule has 0 radical (unpaired) electrons. The van der Waals surface area contributed by atoms with Crippen LogP contribution in [-0.2, 0) is 4.79 Å². The molecule has 3 aromatic carbocycles. The molecular weight excluding hydrogens is 470 g/mol. The maximum Gasteiger partial charge on any atom is 0.240 e. The van der Waals surface area contributed by atoms with Gasteiger partial charge in [0.1, 0.15) is 11.6 Å². The second-order valence-corrected chi connectivity index (χ2v) is 9.78. The zero-order valence-electron chi connectivity index (χ0n) is 21.6. The van der Waals surface area contributed by atoms with Gasteiger partial charge in [0, 0.05) is 37.8 Å². The molecule has 37 heavy (non-hydrogen) atoms. The first kappa shape index (κ1) is 26.9. The van der Waals surface area contributed by atoms with Crippen molar-refractivity contribution in [1.82, 2.24) is 15.3 Å². The van der Waals surface area contributed by atoms with Crippen LogP contribution in [0.3, 0.4) is 0 Å². The quantitative estimate of drug-likeness (QED) is 0.416. The van der Waals surface area contributed by atoms with E-state index < -0.39 is 0 Å². The highest BCUT2D eigenvalue weighted by Crippen LogP contribution is 2.30. The van der Waals surface area contributed by atoms with Gasteiger partial charge >= 0.3 is 0 Å². The van der Waals surface area contributed by atoms with E-state index in [1.54, 1.807) is 0 Å². The van der Waals surface area contributed by atoms with Gasteiger partial charge in [-0.2, -0.15) is 0 Å². The molecule has 2 N–H and O–H groups in total. The third kappa shape index (κ3) is 7.68. The van der Waals surface area contributed by atoms with Crippen molar-refractivity contribution in [2.45, 2.75) is 32.6 Å². The number of rotatable bonds is 9. The number of carbonyl (C=O) groups excluding carboxylic acids is 1. The third-order valence-electron chi connectivity index (χ3n) is 7.04. The number of nitrogens with zero attached hydrogens (tertiary/aromatic N) is 2. The summed E-state index contributed by atoms with van der Waals surface area (Å²) in [4.78, 5) is 15.1. The van der Waals surface area contributed by atoms with Gasteiger partial charge in [-0.15, -0.1) is 0 Å². The van der Waals surface area contributed by atoms with Gasteiger partial charge in [-0.1, -0.05) is 42.5 Å². The monoisotopic (exact) mass is 506 g/mol. The first-order valence-electron chi connectivity index (χ1n) is 13.0. The van der Waals surface area contributed by atoms with Crippen LogP contribution >= 0.6 is 0 Å². The van der Waals surface area contributed by atoms with Gasteiger partial charge in [-0.3, -0.25) is 10.2 Å². The second kappa shape index (κ2) is 12.9. The largest absolute Gasteiger partial charge is 0.324 e. The Balaban J connectivity index is 1.28. The van der Waals surface area contributed by atoms with E-state index in [9.17, 15) is 13.6 Å². The van der Waals surface area contributed by atoms with Gasteiger partial charge in [-0.25, -0.2) is 13.8 Å². The Hall–Kier alpha value is -3.13. The van der Waals surface area contributed by atoms with E-state index >= 15 is 0 Å². The number of amides is 1. The van der Waals surface area contributed by atoms with Crippen molar-refractivity contribution in [3.63, 3.8) is 0 Å². The summed E-state index contributed by atoms with van der Waals surface area (Å²) in [6.07, 6.45) is 1.83. The molecule has 1 aliphatic heterocycles. The molecule has 1 heterocycles. The lowest BCUT2D eigenvalue weighted by atomic mass is 9.87. The molecule has 1 aliphatic rings. The van der Waals surface area contributed by atoms with Gasteiger partial charge in [0.25, 0.3) is 0 Å². The molecule has 196 valence electrons. The Morgan fingerprint density at radius 2 is 1.49 bits per heavy atom. The first-order chi connectivity index (χ1) is 17.9. The van der Waals surface area contributed by atoms with Crippen LogP contribution in [0.5, 0.6) is 0 Å². The number of hydrazine groups is 1. The SMILES string of the molecule is Cc1cccc(C)c1NC(=O)CN1CCN(CCCC(c2ccc(F)cc2)c2ccc(F)cc2)CCN1. The Kier molecular flexibility index (Phi) is 9.39. The van der Waals surface area contributed by atoms with Crippen molar-refractivity contribution < 1.29 is 13.6 Å². The summed E-state index contributed by atoms with van der Waals surface area (Å²) in [6, 6.07) is 19.2. The molecule has 0 aromatic heterocycles. The summed E-state index contributed by atoms with van der Waals surface area (Å²) in [7, 11) is 0. The van der Waals surface area contributed by atoms with E-state index in [0.717, 1.165) is 73.5 Å². The fourth-order valence-corrected chi connectivity index (χ4v) is 4.98. The number of benzene rings is 3. The predicted octanol–water partition coefficient (Wildman–Crippen LogP) is 5.25. The van der Waals surface area contributed by atoms with Crippen LogP contribution in [0.4, 0.5) is 14.5 Å². The molecule has 0 spiro atoms. The highest BCUT2D eigenvalue weighted by Gasteiger charge is 2.19. The molecule has 5 nitrogen and oxygen atoms in total. The molecule has 3 aromatic rings. The molecule has 0 unspecified atom stereocenters. The molecule has 7 heteroatoms. The van der Waals surface area contributed by atoms with E-state index in [1.165, 1.54) is 24.3 Å². The molecule has 1 amide bonds. The molecule has 1 fully saturated rings. The summed E-state index contributed by atoms with van der Waals surface area (Å²) >= 11 is 0. The summed E-state index contributed by atoms with van der Waals surface area (Å²) in [5.74, 6) is -0.465. The molecule has 1 saturated heterocycles. The van der Waals surface area contributed by atoms with Crippen LogP contribution in [-0.4, -0.2) is 55.1 Å². The van der Waals surface area contributed by atoms with Crippen LogP contribution in [0.2, 0.25) is 0 Å². The fraction of sp³-hybridized carbons (Fsp3) is 0.367. The zero-order chi connectivity index (χ0) is 26.2. The number of carbonyl (C=O) groups is 1. The maximum absolute atomic E-state index is 13.5. The number of nitrogens with one attached hydrogen (secondary N) is 2. The standard InChI is InChI=1S/C30H36F2N4O/c1-22-5-3-6-23(2)30(22)34-29(37)21-36-20-19-35(18-16-33-36)17-4-7-28(24-8-12-26(31)13-9-24)25-10-14-27(32)15-11-25/h3,5-6,8-15,28,33H,4,7,16-21H2,1-2H3,(H,34,37). The van der Waals surface area contributed by atoms with Crippen LogP contribution in [0.25, 0.3) is 0 Å². The van der Waals surface area contributed by atoms with Crippen molar-refractivity contribution in [1.29, 1.82) is 0 Å². The smallest absolute Gasteiger partial charge is 0.240 e. The number of aryl methyl sites for hydroxylation is 2. The number of para-hydroxylation sites is 1. The Bertz CT molecular complexity index is 1100. The molecule has 0 saturated carbocycles. The average molecular weight is 507 g/mol. The Morgan fingerprint density at radius 3 is 2.08 bits per heavy atom. The summed E-state index contributed by atoms with van der Waals surface area (Å²) in [5, 5.41) is 5.05. The maximum atomic E-state index is 13.5. The van der Waals surface area contributed by atoms with Gasteiger partial charge in [-0.05, 0) is 79.8 Å². The topological polar surface area (TPSA) is 47.6 Å². The summed E-state index contributed by atoms with van der Waals surface area (Å²) in [5.41, 5.74) is 8.45. The molecule has 0 bridgehead atoms. The third-order valence-corrected chi connectivity index (χ3v) is 7.04. The lowest BCUT2D eigenvalue weighted by Gasteiger charge is -2.23. The van der Waals surface area contributed by atoms with E-state index in [-0.39, 0.29) is 23.5 Å². The van der Waals surface area contributed by atoms with Crippen molar-refractivity contribution in [3.05, 3.63) is 101 Å². The normalized spacial score (nSPS) is 15.1. The van der Waals surface area contributed by atoms with Gasteiger partial charge in [0.15, 0.2) is 0 Å². The number of halogens is 2. The predicted molar refractivity (Wildman–Crippen MR) is 144 cm³/mol. The van der Waals surface area contributed by atoms with Crippen LogP contribution in [0.1, 0.15) is 41.0 Å². The average Bonchev–Trinajstić information content (AvgIpc) is 3.11. The molecule has 0 atom stereocenters. The van der Waals surface area contributed by atoms with Crippen LogP contribution in [0, 0.1) is 25.5 Å². The van der Waals surface area contributed by atoms with Crippen molar-refractivity contribution in [2.24, 2.45) is 0 Å². The van der Waals surface area contributed by atoms with Gasteiger partial charge in [0.2, 0.25) is 5.91 Å². The van der Waals surface area contributed by atoms with E-state index in [2.05, 4.69) is 15.6 Å². The highest BCUT2D eigenvalue weighted by atomic mass is 19.1. The minimum Gasteiger partial charge on any atom is -0.324 e. The number of anilines is 1. The number of hydrogen-bond donors (Lipinski definition) is 2. The van der Waals surface area contributed by atoms with Crippen molar-refractivity contribution in [2.75, 3.05) is 44.6 Å². The van der Waals surface area contributed by atoms with E-state index in [1.807, 2.05) is 61.3 Å². The van der Waals surface area contributed by atoms with Gasteiger partial charge in [0.05, 0.1) is 6.54 Å². The van der Waals surface area contributed by atoms with Crippen LogP contribution in [0.15, 0.2) is 66.7 Å². The minimum absolute atomic E-state index is 0.0280. The van der Waals surface area contributed by atoms with Crippen molar-refractivity contribution in [3.8, 4) is 0 Å². The zero-order valence-corrected chi connectivity index (χ0v) is 21.6. The second-order valence-electron chi connectivity index (χ2n) is 9.78. The molecule has 4 rings (SSSR count). The molecular formula is C30H36F2N4O.